The summed E-state index contributed by atoms with van der Waals surface area (Å²) in [6.07, 6.45) is -0.350. The van der Waals surface area contributed by atoms with Crippen molar-refractivity contribution in [2.45, 2.75) is 75.1 Å². The Morgan fingerprint density at radius 1 is 1.16 bits per heavy atom. The molecule has 6 rings (SSSR count). The van der Waals surface area contributed by atoms with E-state index in [-0.39, 0.29) is 30.6 Å². The lowest BCUT2D eigenvalue weighted by molar-refractivity contribution is -0.759. The molecule has 1 unspecified atom stereocenters. The monoisotopic (exact) mass is 695 g/mol. The molecule has 3 aliphatic rings. The molecule has 2 aromatic carbocycles. The van der Waals surface area contributed by atoms with Crippen LogP contribution in [0.3, 0.4) is 0 Å². The number of rotatable bonds is 14. The van der Waals surface area contributed by atoms with E-state index in [4.69, 9.17) is 18.9 Å². The van der Waals surface area contributed by atoms with Crippen molar-refractivity contribution in [3.8, 4) is 11.5 Å². The van der Waals surface area contributed by atoms with Crippen molar-refractivity contribution in [1.82, 2.24) is 0 Å². The first kappa shape index (κ1) is 35.9. The minimum absolute atomic E-state index is 0.0202. The van der Waals surface area contributed by atoms with Crippen LogP contribution in [0, 0.1) is 6.92 Å². The van der Waals surface area contributed by atoms with E-state index < -0.39 is 48.8 Å². The highest BCUT2D eigenvalue weighted by Crippen LogP contribution is 2.44. The van der Waals surface area contributed by atoms with Crippen LogP contribution in [0.1, 0.15) is 36.7 Å². The quantitative estimate of drug-likeness (QED) is 0.0828. The van der Waals surface area contributed by atoms with Crippen LogP contribution in [0.5, 0.6) is 11.5 Å². The highest BCUT2D eigenvalue weighted by atomic mass is 17.2. The van der Waals surface area contributed by atoms with Gasteiger partial charge in [-0.3, -0.25) is 14.7 Å². The van der Waals surface area contributed by atoms with E-state index in [0.717, 1.165) is 16.2 Å². The normalized spacial score (nSPS) is 24.2. The molecule has 8 N–H and O–H groups in total. The molecule has 0 aliphatic carbocycles. The average Bonchev–Trinajstić information content (AvgIpc) is 3.70. The number of phenols is 1. The summed E-state index contributed by atoms with van der Waals surface area (Å²) in [5.41, 5.74) is 0.401. The minimum atomic E-state index is -2.25. The summed E-state index contributed by atoms with van der Waals surface area (Å²) >= 11 is 0. The Balaban J connectivity index is 1.33. The molecule has 1 aromatic heterocycles. The molecule has 0 saturated carbocycles. The van der Waals surface area contributed by atoms with Gasteiger partial charge in [-0.05, 0) is 56.5 Å². The molecule has 0 amide bonds. The number of nitrogens with one attached hydrogen (secondary N) is 1. The first-order valence-electron chi connectivity index (χ1n) is 16.5. The number of allylic oxidation sites excluding steroid dienone is 1. The lowest BCUT2D eigenvalue weighted by atomic mass is 9.85. The number of aromatic hydroxyl groups is 1. The van der Waals surface area contributed by atoms with Crippen molar-refractivity contribution < 1.29 is 59.6 Å². The zero-order valence-electron chi connectivity index (χ0n) is 27.8. The van der Waals surface area contributed by atoms with Crippen LogP contribution in [-0.4, -0.2) is 103 Å². The van der Waals surface area contributed by atoms with Crippen molar-refractivity contribution in [2.24, 2.45) is 4.99 Å². The van der Waals surface area contributed by atoms with Gasteiger partial charge in [-0.1, -0.05) is 12.1 Å². The van der Waals surface area contributed by atoms with Crippen LogP contribution in [0.2, 0.25) is 0 Å². The van der Waals surface area contributed by atoms with Crippen LogP contribution in [0.25, 0.3) is 11.0 Å². The molecular weight excluding hydrogens is 652 g/mol. The third-order valence-corrected chi connectivity index (χ3v) is 9.65. The number of aryl methyl sites for hydroxylation is 1. The second-order valence-electron chi connectivity index (χ2n) is 13.5. The summed E-state index contributed by atoms with van der Waals surface area (Å²) in [7, 11) is 0. The molecule has 14 nitrogen and oxygen atoms in total. The van der Waals surface area contributed by atoms with E-state index in [2.05, 4.69) is 4.99 Å². The lowest BCUT2D eigenvalue weighted by Gasteiger charge is -2.42. The molecule has 268 valence electrons. The average molecular weight is 696 g/mol. The van der Waals surface area contributed by atoms with Crippen molar-refractivity contribution in [2.75, 3.05) is 26.4 Å². The van der Waals surface area contributed by atoms with E-state index in [0.29, 0.717) is 58.7 Å². The number of aliphatic hydroxyl groups excluding tert-OH is 5. The molecule has 50 heavy (non-hydrogen) atoms. The highest BCUT2D eigenvalue weighted by Gasteiger charge is 2.48. The number of hydrogen-bond donors (Lipinski definition) is 8. The maximum atomic E-state index is 13.3. The van der Waals surface area contributed by atoms with Gasteiger partial charge >= 0.3 is 0 Å². The number of benzene rings is 2. The van der Waals surface area contributed by atoms with Crippen LogP contribution < -0.4 is 15.1 Å². The predicted molar refractivity (Wildman–Crippen MR) is 179 cm³/mol. The summed E-state index contributed by atoms with van der Waals surface area (Å²) in [6, 6.07) is 8.92. The van der Waals surface area contributed by atoms with Gasteiger partial charge < -0.3 is 44.9 Å². The van der Waals surface area contributed by atoms with Gasteiger partial charge in [0, 0.05) is 37.3 Å². The largest absolute Gasteiger partial charge is 0.508 e. The van der Waals surface area contributed by atoms with Crippen LogP contribution in [0.4, 0.5) is 5.69 Å². The summed E-state index contributed by atoms with van der Waals surface area (Å²) in [5.74, 6) is 0.927. The van der Waals surface area contributed by atoms with Gasteiger partial charge in [-0.15, -0.1) is 0 Å². The summed E-state index contributed by atoms with van der Waals surface area (Å²) < 4.78 is 13.0. The third kappa shape index (κ3) is 6.99. The predicted octanol–water partition coefficient (Wildman–Crippen LogP) is 0.0209. The third-order valence-electron chi connectivity index (χ3n) is 9.65. The Morgan fingerprint density at radius 3 is 2.62 bits per heavy atom. The molecule has 7 atom stereocenters. The Labute approximate surface area is 287 Å². The smallest absolute Gasteiger partial charge is 0.222 e. The van der Waals surface area contributed by atoms with Gasteiger partial charge in [0.05, 0.1) is 17.6 Å². The van der Waals surface area contributed by atoms with Gasteiger partial charge in [-0.25, -0.2) is 9.78 Å². The fourth-order valence-corrected chi connectivity index (χ4v) is 6.80. The van der Waals surface area contributed by atoms with Crippen molar-refractivity contribution in [3.05, 3.63) is 87.6 Å². The fourth-order valence-electron chi connectivity index (χ4n) is 6.80. The SMILES string of the molecule is Cc1cc(=O)c2cc3c(c([NH+]4C=C5C=CN=C5C4)c2o1)O[C@](C)(CCCO)[C@H](OOC[C@@](O)(Cc1ccc(O)cc1)[C@@H](O)[C@H](O)[C@H](O)CO)C3. The van der Waals surface area contributed by atoms with Gasteiger partial charge in [0.1, 0.15) is 72.2 Å². The van der Waals surface area contributed by atoms with E-state index in [1.165, 1.54) is 30.3 Å². The Hall–Kier alpha value is -3.96. The molecule has 0 saturated heterocycles. The van der Waals surface area contributed by atoms with Crippen molar-refractivity contribution >= 4 is 22.4 Å². The van der Waals surface area contributed by atoms with Crippen molar-refractivity contribution in [3.63, 3.8) is 0 Å². The number of phenolic OH excluding ortho intramolecular Hbond substituents is 1. The lowest BCUT2D eigenvalue weighted by Crippen LogP contribution is -3.01. The second kappa shape index (κ2) is 14.3. The number of aliphatic hydroxyl groups is 6. The molecule has 0 radical (unpaired) electrons. The number of fused-ring (bicyclic) bond motifs is 3. The standard InChI is InChI=1S/C36H42N2O12/c1-20-12-27(42)25-13-23-14-29(50-47-19-36(46,34(45)31(44)28(43)18-40)15-21-4-6-24(41)7-5-21)35(2,9-3-11-39)49-32(23)30(33(25)48-20)38-16-22-8-10-37-26(22)17-38/h4-8,10,12-13,16,28-29,31,34,39-41,43-46H,3,9,11,14-15,17-19H2,1-2H3/p+1/t28-,29-,31-,34+,35-,36+/m1/s1. The number of ether oxygens (including phenoxy) is 1. The molecule has 0 spiro atoms. The van der Waals surface area contributed by atoms with Crippen LogP contribution >= 0.6 is 0 Å². The number of aliphatic imine (C=N–C) groups is 1. The first-order chi connectivity index (χ1) is 23.9. The van der Waals surface area contributed by atoms with Crippen molar-refractivity contribution in [1.29, 1.82) is 0 Å². The Morgan fingerprint density at radius 2 is 1.92 bits per heavy atom. The van der Waals surface area contributed by atoms with E-state index in [1.54, 1.807) is 26.1 Å². The van der Waals surface area contributed by atoms with Gasteiger partial charge in [0.25, 0.3) is 0 Å². The molecular formula is C36H43N2O12+. The number of quaternary nitrogens is 1. The fraction of sp³-hybridized carbons (Fsp3) is 0.444. The first-order valence-corrected chi connectivity index (χ1v) is 16.5. The maximum absolute atomic E-state index is 13.3. The van der Waals surface area contributed by atoms with Gasteiger partial charge in [-0.2, -0.15) is 0 Å². The molecule has 0 fully saturated rings. The zero-order chi connectivity index (χ0) is 35.8. The summed E-state index contributed by atoms with van der Waals surface area (Å²) in [6.45, 7) is 2.32. The van der Waals surface area contributed by atoms with E-state index in [1.807, 2.05) is 12.3 Å². The molecule has 3 aliphatic heterocycles. The Bertz CT molecular complexity index is 1870. The Kier molecular flexibility index (Phi) is 10.3. The van der Waals surface area contributed by atoms with Gasteiger partial charge in [0.15, 0.2) is 11.2 Å². The van der Waals surface area contributed by atoms with Crippen LogP contribution in [0.15, 0.2) is 74.7 Å². The maximum Gasteiger partial charge on any atom is 0.222 e. The van der Waals surface area contributed by atoms with Gasteiger partial charge in [0.2, 0.25) is 11.3 Å². The summed E-state index contributed by atoms with van der Waals surface area (Å²) in [4.78, 5) is 30.2. The second-order valence-corrected chi connectivity index (χ2v) is 13.5. The molecule has 3 aromatic rings. The van der Waals surface area contributed by atoms with Crippen LogP contribution in [-0.2, 0) is 22.6 Å². The highest BCUT2D eigenvalue weighted by molar-refractivity contribution is 6.07. The van der Waals surface area contributed by atoms with E-state index >= 15 is 0 Å². The minimum Gasteiger partial charge on any atom is -0.508 e. The molecule has 4 heterocycles. The topological polar surface area (TPSA) is 216 Å². The number of hydrogen-bond acceptors (Lipinski definition) is 13. The van der Waals surface area contributed by atoms with E-state index in [9.17, 15) is 40.5 Å². The number of nitrogens with zero attached hydrogens (tertiary/aromatic N) is 1. The molecule has 14 heteroatoms. The molecule has 0 bridgehead atoms. The zero-order valence-corrected chi connectivity index (χ0v) is 27.8. The summed E-state index contributed by atoms with van der Waals surface area (Å²) in [5, 5.41) is 72.5.